The van der Waals surface area contributed by atoms with Gasteiger partial charge in [0.1, 0.15) is 6.07 Å². The Morgan fingerprint density at radius 2 is 2.06 bits per heavy atom. The molecular formula is C13H8N2O. The molecule has 3 aromatic rings. The molecule has 76 valence electrons. The number of H-pyrrole nitrogens is 1. The Balaban J connectivity index is 2.31. The number of rotatable bonds is 1. The lowest BCUT2D eigenvalue weighted by Gasteiger charge is -1.94. The van der Waals surface area contributed by atoms with E-state index in [1.807, 2.05) is 30.5 Å². The van der Waals surface area contributed by atoms with Gasteiger partial charge in [-0.1, -0.05) is 18.2 Å². The predicted molar refractivity (Wildman–Crippen MR) is 60.7 cm³/mol. The summed E-state index contributed by atoms with van der Waals surface area (Å²) in [6, 6.07) is 11.7. The molecule has 0 amide bonds. The minimum absolute atomic E-state index is 0.560. The number of fused-ring (bicyclic) bond motifs is 1. The highest BCUT2D eigenvalue weighted by atomic mass is 16.3. The SMILES string of the molecule is N#Cc1ccoc1-c1c[nH]c2ccccc12. The van der Waals surface area contributed by atoms with Crippen molar-refractivity contribution in [1.29, 1.82) is 5.26 Å². The summed E-state index contributed by atoms with van der Waals surface area (Å²) in [6.45, 7) is 0. The molecule has 0 aliphatic heterocycles. The number of hydrogen-bond acceptors (Lipinski definition) is 2. The number of nitrogens with zero attached hydrogens (tertiary/aromatic N) is 1. The number of aromatic amines is 1. The van der Waals surface area contributed by atoms with E-state index in [0.717, 1.165) is 16.5 Å². The molecule has 0 saturated carbocycles. The fourth-order valence-corrected chi connectivity index (χ4v) is 1.87. The van der Waals surface area contributed by atoms with Crippen LogP contribution in [0.5, 0.6) is 0 Å². The van der Waals surface area contributed by atoms with E-state index in [0.29, 0.717) is 11.3 Å². The van der Waals surface area contributed by atoms with Crippen LogP contribution in [0.2, 0.25) is 0 Å². The van der Waals surface area contributed by atoms with Crippen molar-refractivity contribution in [3.8, 4) is 17.4 Å². The predicted octanol–water partition coefficient (Wildman–Crippen LogP) is 3.30. The third-order valence-corrected chi connectivity index (χ3v) is 2.62. The summed E-state index contributed by atoms with van der Waals surface area (Å²) in [6.07, 6.45) is 3.40. The third kappa shape index (κ3) is 1.14. The first kappa shape index (κ1) is 8.81. The Kier molecular flexibility index (Phi) is 1.81. The molecule has 0 bridgehead atoms. The largest absolute Gasteiger partial charge is 0.463 e. The molecule has 1 aromatic carbocycles. The summed E-state index contributed by atoms with van der Waals surface area (Å²) in [5, 5.41) is 10.0. The van der Waals surface area contributed by atoms with E-state index in [2.05, 4.69) is 11.1 Å². The first-order chi connectivity index (χ1) is 7.90. The first-order valence-corrected chi connectivity index (χ1v) is 4.94. The summed E-state index contributed by atoms with van der Waals surface area (Å²) in [5.74, 6) is 0.625. The van der Waals surface area contributed by atoms with E-state index in [-0.39, 0.29) is 0 Å². The molecule has 0 aliphatic carbocycles. The topological polar surface area (TPSA) is 52.7 Å². The summed E-state index contributed by atoms with van der Waals surface area (Å²) in [4.78, 5) is 3.16. The van der Waals surface area contributed by atoms with Crippen molar-refractivity contribution in [2.45, 2.75) is 0 Å². The van der Waals surface area contributed by atoms with Crippen LogP contribution in [0.1, 0.15) is 5.56 Å². The van der Waals surface area contributed by atoms with Crippen molar-refractivity contribution < 1.29 is 4.42 Å². The average Bonchev–Trinajstić information content (AvgIpc) is 2.94. The lowest BCUT2D eigenvalue weighted by atomic mass is 10.1. The second-order valence-corrected chi connectivity index (χ2v) is 3.52. The van der Waals surface area contributed by atoms with Crippen molar-refractivity contribution >= 4 is 10.9 Å². The highest BCUT2D eigenvalue weighted by molar-refractivity contribution is 5.95. The zero-order valence-corrected chi connectivity index (χ0v) is 8.40. The van der Waals surface area contributed by atoms with Gasteiger partial charge in [0.2, 0.25) is 0 Å². The average molecular weight is 208 g/mol. The fraction of sp³-hybridized carbons (Fsp3) is 0. The van der Waals surface area contributed by atoms with E-state index in [4.69, 9.17) is 9.68 Å². The Morgan fingerprint density at radius 1 is 1.19 bits per heavy atom. The van der Waals surface area contributed by atoms with E-state index in [9.17, 15) is 0 Å². The third-order valence-electron chi connectivity index (χ3n) is 2.62. The van der Waals surface area contributed by atoms with Crippen molar-refractivity contribution in [3.63, 3.8) is 0 Å². The molecule has 3 rings (SSSR count). The van der Waals surface area contributed by atoms with Crippen molar-refractivity contribution in [1.82, 2.24) is 4.98 Å². The van der Waals surface area contributed by atoms with Crippen LogP contribution < -0.4 is 0 Å². The number of aromatic nitrogens is 1. The van der Waals surface area contributed by atoms with Gasteiger partial charge in [0.25, 0.3) is 0 Å². The van der Waals surface area contributed by atoms with Gasteiger partial charge < -0.3 is 9.40 Å². The van der Waals surface area contributed by atoms with Crippen molar-refractivity contribution in [2.75, 3.05) is 0 Å². The lowest BCUT2D eigenvalue weighted by molar-refractivity contribution is 0.582. The number of hydrogen-bond donors (Lipinski definition) is 1. The highest BCUT2D eigenvalue weighted by Gasteiger charge is 2.12. The smallest absolute Gasteiger partial charge is 0.153 e. The Bertz CT molecular complexity index is 685. The molecule has 3 nitrogen and oxygen atoms in total. The zero-order valence-electron chi connectivity index (χ0n) is 8.40. The molecule has 2 aromatic heterocycles. The van der Waals surface area contributed by atoms with Gasteiger partial charge in [-0.05, 0) is 12.1 Å². The minimum atomic E-state index is 0.560. The summed E-state index contributed by atoms with van der Waals surface area (Å²) >= 11 is 0. The Hall–Kier alpha value is -2.47. The van der Waals surface area contributed by atoms with Gasteiger partial charge in [0.05, 0.1) is 11.8 Å². The van der Waals surface area contributed by atoms with Gasteiger partial charge in [-0.3, -0.25) is 0 Å². The molecule has 0 saturated heterocycles. The number of benzene rings is 1. The Morgan fingerprint density at radius 3 is 2.94 bits per heavy atom. The van der Waals surface area contributed by atoms with Gasteiger partial charge >= 0.3 is 0 Å². The normalized spacial score (nSPS) is 10.4. The maximum atomic E-state index is 8.96. The van der Waals surface area contributed by atoms with Crippen LogP contribution in [0, 0.1) is 11.3 Å². The van der Waals surface area contributed by atoms with Gasteiger partial charge in [-0.2, -0.15) is 5.26 Å². The quantitative estimate of drug-likeness (QED) is 0.667. The standard InChI is InChI=1S/C13H8N2O/c14-7-9-5-6-16-13(9)11-8-15-12-4-2-1-3-10(11)12/h1-6,8,15H. The van der Waals surface area contributed by atoms with Crippen LogP contribution in [-0.4, -0.2) is 4.98 Å². The molecule has 3 heteroatoms. The fourth-order valence-electron chi connectivity index (χ4n) is 1.87. The molecule has 0 spiro atoms. The molecule has 1 N–H and O–H groups in total. The molecular weight excluding hydrogens is 200 g/mol. The number of furan rings is 1. The van der Waals surface area contributed by atoms with Crippen LogP contribution in [0.15, 0.2) is 47.2 Å². The van der Waals surface area contributed by atoms with Gasteiger partial charge in [-0.25, -0.2) is 0 Å². The summed E-state index contributed by atoms with van der Waals surface area (Å²) < 4.78 is 5.37. The lowest BCUT2D eigenvalue weighted by Crippen LogP contribution is -1.75. The second-order valence-electron chi connectivity index (χ2n) is 3.52. The van der Waals surface area contributed by atoms with Crippen LogP contribution in [-0.2, 0) is 0 Å². The Labute approximate surface area is 91.9 Å². The molecule has 2 heterocycles. The molecule has 16 heavy (non-hydrogen) atoms. The van der Waals surface area contributed by atoms with Crippen LogP contribution >= 0.6 is 0 Å². The van der Waals surface area contributed by atoms with Crippen LogP contribution in [0.3, 0.4) is 0 Å². The monoisotopic (exact) mass is 208 g/mol. The molecule has 0 unspecified atom stereocenters. The van der Waals surface area contributed by atoms with E-state index in [1.54, 1.807) is 6.07 Å². The number of nitriles is 1. The summed E-state index contributed by atoms with van der Waals surface area (Å²) in [7, 11) is 0. The van der Waals surface area contributed by atoms with Crippen LogP contribution in [0.4, 0.5) is 0 Å². The highest BCUT2D eigenvalue weighted by Crippen LogP contribution is 2.31. The zero-order chi connectivity index (χ0) is 11.0. The molecule has 0 fully saturated rings. The van der Waals surface area contributed by atoms with E-state index >= 15 is 0 Å². The second kappa shape index (κ2) is 3.28. The molecule has 0 atom stereocenters. The summed E-state index contributed by atoms with van der Waals surface area (Å²) in [5.41, 5.74) is 2.53. The molecule has 0 aliphatic rings. The number of nitrogens with one attached hydrogen (secondary N) is 1. The van der Waals surface area contributed by atoms with Crippen molar-refractivity contribution in [2.24, 2.45) is 0 Å². The van der Waals surface area contributed by atoms with Gasteiger partial charge in [0, 0.05) is 22.7 Å². The maximum absolute atomic E-state index is 8.96. The van der Waals surface area contributed by atoms with Crippen LogP contribution in [0.25, 0.3) is 22.2 Å². The van der Waals surface area contributed by atoms with Gasteiger partial charge in [-0.15, -0.1) is 0 Å². The van der Waals surface area contributed by atoms with Gasteiger partial charge in [0.15, 0.2) is 5.76 Å². The van der Waals surface area contributed by atoms with E-state index < -0.39 is 0 Å². The van der Waals surface area contributed by atoms with Crippen molar-refractivity contribution in [3.05, 3.63) is 48.4 Å². The number of para-hydroxylation sites is 1. The minimum Gasteiger partial charge on any atom is -0.463 e. The maximum Gasteiger partial charge on any atom is 0.153 e. The molecule has 0 radical (unpaired) electrons. The first-order valence-electron chi connectivity index (χ1n) is 4.94. The van der Waals surface area contributed by atoms with E-state index in [1.165, 1.54) is 6.26 Å².